The number of allylic oxidation sites excluding steroid dienone is 1. The van der Waals surface area contributed by atoms with Crippen LogP contribution in [0, 0.1) is 5.92 Å². The summed E-state index contributed by atoms with van der Waals surface area (Å²) in [5, 5.41) is 6.71. The van der Waals surface area contributed by atoms with Gasteiger partial charge in [-0.3, -0.25) is 0 Å². The van der Waals surface area contributed by atoms with E-state index in [0.717, 1.165) is 0 Å². The first-order valence-electron chi connectivity index (χ1n) is 11.9. The van der Waals surface area contributed by atoms with Crippen molar-refractivity contribution in [3.8, 4) is 0 Å². The van der Waals surface area contributed by atoms with Gasteiger partial charge in [-0.15, -0.1) is 11.3 Å². The highest BCUT2D eigenvalue weighted by molar-refractivity contribution is 7.35. The number of rotatable bonds is 7. The zero-order chi connectivity index (χ0) is 22.6. The lowest BCUT2D eigenvalue weighted by atomic mass is 9.40. The van der Waals surface area contributed by atoms with Gasteiger partial charge in [0, 0.05) is 30.2 Å². The highest BCUT2D eigenvalue weighted by atomic mass is 32.1. The van der Waals surface area contributed by atoms with Crippen molar-refractivity contribution in [3.05, 3.63) is 87.2 Å². The van der Waals surface area contributed by atoms with E-state index in [0.29, 0.717) is 5.92 Å². The zero-order valence-electron chi connectivity index (χ0n) is 19.4. The van der Waals surface area contributed by atoms with Gasteiger partial charge in [0.25, 0.3) is 6.71 Å². The largest absolute Gasteiger partial charge is 0.377 e. The van der Waals surface area contributed by atoms with Gasteiger partial charge in [0.2, 0.25) is 0 Å². The van der Waals surface area contributed by atoms with Crippen molar-refractivity contribution < 1.29 is 0 Å². The van der Waals surface area contributed by atoms with Gasteiger partial charge in [-0.05, 0) is 67.6 Å². The van der Waals surface area contributed by atoms with Gasteiger partial charge in [-0.25, -0.2) is 0 Å². The first-order valence-corrected chi connectivity index (χ1v) is 14.5. The Labute approximate surface area is 210 Å². The highest BCUT2D eigenvalue weighted by Gasteiger charge is 2.34. The number of thiophene rings is 3. The van der Waals surface area contributed by atoms with Crippen LogP contribution < -0.4 is 14.5 Å². The first kappa shape index (κ1) is 22.7. The van der Waals surface area contributed by atoms with E-state index < -0.39 is 0 Å². The van der Waals surface area contributed by atoms with E-state index >= 15 is 0 Å². The minimum absolute atomic E-state index is 0.274. The predicted molar refractivity (Wildman–Crippen MR) is 152 cm³/mol. The average Bonchev–Trinajstić information content (AvgIpc) is 3.64. The van der Waals surface area contributed by atoms with E-state index in [1.54, 1.807) is 5.57 Å². The third-order valence-corrected chi connectivity index (χ3v) is 9.49. The summed E-state index contributed by atoms with van der Waals surface area (Å²) >= 11 is 5.68. The van der Waals surface area contributed by atoms with E-state index in [-0.39, 0.29) is 6.71 Å². The zero-order valence-corrected chi connectivity index (χ0v) is 21.8. The maximum Gasteiger partial charge on any atom is 0.268 e. The molecule has 3 heterocycles. The molecule has 1 fully saturated rings. The maximum absolute atomic E-state index is 2.37. The van der Waals surface area contributed by atoms with Crippen molar-refractivity contribution in [2.24, 2.45) is 5.92 Å². The highest BCUT2D eigenvalue weighted by Crippen LogP contribution is 2.44. The molecule has 1 nitrogen and oxygen atoms in total. The minimum Gasteiger partial charge on any atom is -0.377 e. The van der Waals surface area contributed by atoms with E-state index in [9.17, 15) is 0 Å². The summed E-state index contributed by atoms with van der Waals surface area (Å²) in [5.74, 6) is 0.597. The molecule has 5 heteroatoms. The van der Waals surface area contributed by atoms with Gasteiger partial charge in [-0.1, -0.05) is 67.8 Å². The normalized spacial score (nSPS) is 15.3. The third-order valence-electron chi connectivity index (χ3n) is 6.71. The maximum atomic E-state index is 2.37. The van der Waals surface area contributed by atoms with Crippen LogP contribution in [0.15, 0.2) is 76.8 Å². The second-order valence-corrected chi connectivity index (χ2v) is 11.9. The summed E-state index contributed by atoms with van der Waals surface area (Å²) in [6.45, 7) is 0.274. The Balaban J connectivity index is 1.85. The number of benzene rings is 1. The fraction of sp³-hybridized carbons (Fsp3) is 0.286. The molecule has 0 radical (unpaired) electrons. The van der Waals surface area contributed by atoms with Crippen LogP contribution in [0.25, 0.3) is 11.0 Å². The second-order valence-electron chi connectivity index (χ2n) is 9.02. The van der Waals surface area contributed by atoms with E-state index in [4.69, 9.17) is 0 Å². The lowest BCUT2D eigenvalue weighted by Crippen LogP contribution is -2.41. The Morgan fingerprint density at radius 2 is 1.39 bits per heavy atom. The smallest absolute Gasteiger partial charge is 0.268 e. The van der Waals surface area contributed by atoms with Crippen LogP contribution in [0.2, 0.25) is 0 Å². The van der Waals surface area contributed by atoms with Crippen LogP contribution >= 0.6 is 34.0 Å². The van der Waals surface area contributed by atoms with Crippen LogP contribution in [0.1, 0.15) is 42.5 Å². The molecular weight excluding hydrogens is 457 g/mol. The molecule has 1 saturated carbocycles. The second kappa shape index (κ2) is 10.5. The van der Waals surface area contributed by atoms with Crippen LogP contribution in [0.4, 0.5) is 5.69 Å². The molecule has 3 aromatic heterocycles. The molecule has 1 aromatic carbocycles. The van der Waals surface area contributed by atoms with E-state index in [2.05, 4.69) is 95.8 Å². The summed E-state index contributed by atoms with van der Waals surface area (Å²) in [6, 6.07) is 22.7. The number of hydrogen-bond acceptors (Lipinski definition) is 4. The molecule has 5 rings (SSSR count). The van der Waals surface area contributed by atoms with Crippen molar-refractivity contribution in [3.63, 3.8) is 0 Å². The van der Waals surface area contributed by atoms with Crippen molar-refractivity contribution in [2.75, 3.05) is 19.0 Å². The lowest BCUT2D eigenvalue weighted by Gasteiger charge is -2.32. The SMILES string of the molecule is CN(C)c1ccccc1/C(=C(\B(c1cccs1)c1cccs1)c1cccs1)C1CCCCC1. The Morgan fingerprint density at radius 1 is 0.758 bits per heavy atom. The summed E-state index contributed by atoms with van der Waals surface area (Å²) in [4.78, 5) is 3.70. The molecule has 0 aliphatic heterocycles. The van der Waals surface area contributed by atoms with Gasteiger partial charge in [0.1, 0.15) is 0 Å². The minimum atomic E-state index is 0.274. The van der Waals surface area contributed by atoms with Gasteiger partial charge in [-0.2, -0.15) is 22.7 Å². The Kier molecular flexibility index (Phi) is 7.20. The van der Waals surface area contributed by atoms with Gasteiger partial charge < -0.3 is 4.90 Å². The number of hydrogen-bond donors (Lipinski definition) is 0. The molecule has 0 N–H and O–H groups in total. The van der Waals surface area contributed by atoms with Crippen LogP contribution in [0.3, 0.4) is 0 Å². The molecule has 168 valence electrons. The first-order chi connectivity index (χ1) is 16.2. The number of nitrogens with zero attached hydrogens (tertiary/aromatic N) is 1. The van der Waals surface area contributed by atoms with Crippen LogP contribution in [-0.4, -0.2) is 20.8 Å². The quantitative estimate of drug-likeness (QED) is 0.248. The molecule has 1 aliphatic carbocycles. The summed E-state index contributed by atoms with van der Waals surface area (Å²) < 4.78 is 2.88. The summed E-state index contributed by atoms with van der Waals surface area (Å²) in [5.41, 5.74) is 5.84. The Morgan fingerprint density at radius 3 is 1.97 bits per heavy atom. The van der Waals surface area contributed by atoms with Crippen molar-refractivity contribution >= 4 is 67.0 Å². The molecule has 33 heavy (non-hydrogen) atoms. The third kappa shape index (κ3) is 4.77. The molecule has 4 aromatic rings. The molecule has 0 unspecified atom stereocenters. The van der Waals surface area contributed by atoms with Gasteiger partial charge in [0.15, 0.2) is 0 Å². The molecule has 0 atom stereocenters. The number of anilines is 1. The summed E-state index contributed by atoms with van der Waals surface area (Å²) in [7, 11) is 4.36. The number of para-hydroxylation sites is 1. The molecule has 0 bridgehead atoms. The molecule has 0 spiro atoms. The van der Waals surface area contributed by atoms with Crippen molar-refractivity contribution in [2.45, 2.75) is 32.1 Å². The van der Waals surface area contributed by atoms with Crippen LogP contribution in [-0.2, 0) is 0 Å². The predicted octanol–water partition coefficient (Wildman–Crippen LogP) is 7.28. The average molecular weight is 488 g/mol. The summed E-state index contributed by atoms with van der Waals surface area (Å²) in [6.07, 6.45) is 6.60. The van der Waals surface area contributed by atoms with Crippen molar-refractivity contribution in [1.82, 2.24) is 0 Å². The molecule has 0 amide bonds. The van der Waals surface area contributed by atoms with Gasteiger partial charge in [0.05, 0.1) is 0 Å². The Hall–Kier alpha value is -2.08. The fourth-order valence-corrected chi connectivity index (χ4v) is 7.86. The fourth-order valence-electron chi connectivity index (χ4n) is 5.27. The Bertz CT molecular complexity index is 1130. The van der Waals surface area contributed by atoms with Crippen molar-refractivity contribution in [1.29, 1.82) is 0 Å². The van der Waals surface area contributed by atoms with Gasteiger partial charge >= 0.3 is 0 Å². The molecule has 0 saturated heterocycles. The van der Waals surface area contributed by atoms with Crippen LogP contribution in [0.5, 0.6) is 0 Å². The van der Waals surface area contributed by atoms with E-state index in [1.165, 1.54) is 63.3 Å². The standard InChI is InChI=1S/C28H30BNS3/c1-30(2)23-14-7-6-13-22(23)27(21-11-4-3-5-12-21)28(24-15-8-18-31-24)29(25-16-9-19-32-25)26-17-10-20-33-26/h6-10,13-21H,3-5,11-12H2,1-2H3/b28-27-. The molecule has 1 aliphatic rings. The molecular formula is C28H30BNS3. The lowest BCUT2D eigenvalue weighted by molar-refractivity contribution is 0.430. The monoisotopic (exact) mass is 487 g/mol. The van der Waals surface area contributed by atoms with E-state index in [1.807, 2.05) is 34.0 Å². The topological polar surface area (TPSA) is 3.24 Å².